The molecule has 12 aromatic rings. The van der Waals surface area contributed by atoms with E-state index in [4.69, 9.17) is 99.5 Å². The second-order valence-electron chi connectivity index (χ2n) is 35.5. The van der Waals surface area contributed by atoms with Crippen molar-refractivity contribution in [1.29, 1.82) is 0 Å². The summed E-state index contributed by atoms with van der Waals surface area (Å²) in [6, 6.07) is 99.5. The Kier molecular flexibility index (Phi) is 33.1. The van der Waals surface area contributed by atoms with Crippen LogP contribution in [0.2, 0.25) is 0 Å². The molecule has 740 valence electrons. The fourth-order valence-electron chi connectivity index (χ4n) is 19.1. The van der Waals surface area contributed by atoms with E-state index in [1.807, 2.05) is 249 Å². The molecule has 29 heteroatoms. The fourth-order valence-corrected chi connectivity index (χ4v) is 19.9. The zero-order valence-corrected chi connectivity index (χ0v) is 80.0. The highest BCUT2D eigenvalue weighted by atomic mass is 32.2. The number of ether oxygens (including phenoxy) is 21. The lowest BCUT2D eigenvalue weighted by atomic mass is 9.92. The number of imide groups is 2. The van der Waals surface area contributed by atoms with Crippen molar-refractivity contribution in [3.63, 3.8) is 0 Å². The number of fused-ring (bicyclic) bond motifs is 3. The van der Waals surface area contributed by atoms with Gasteiger partial charge in [0.15, 0.2) is 31.3 Å². The number of benzene rings is 12. The molecular weight excluding hydrogens is 1850 g/mol. The Morgan fingerprint density at radius 2 is 0.699 bits per heavy atom. The van der Waals surface area contributed by atoms with Gasteiger partial charge in [-0.25, -0.2) is 0 Å². The van der Waals surface area contributed by atoms with E-state index < -0.39 is 164 Å². The predicted octanol–water partition coefficient (Wildman–Crippen LogP) is 17.0. The van der Waals surface area contributed by atoms with Gasteiger partial charge in [0, 0.05) is 18.1 Å². The number of amides is 4. The minimum atomic E-state index is -1.89. The van der Waals surface area contributed by atoms with E-state index in [0.717, 1.165) is 37.6 Å². The Balaban J connectivity index is 0.772. The van der Waals surface area contributed by atoms with Crippen LogP contribution in [-0.4, -0.2) is 208 Å². The van der Waals surface area contributed by atoms with Crippen molar-refractivity contribution >= 4 is 41.4 Å². The molecular formula is C114H112N2O26S. The Morgan fingerprint density at radius 3 is 1.13 bits per heavy atom. The molecule has 12 aromatic carbocycles. The summed E-state index contributed by atoms with van der Waals surface area (Å²) in [5.74, 6) is -2.38. The van der Waals surface area contributed by atoms with Gasteiger partial charge < -0.3 is 99.5 Å². The van der Waals surface area contributed by atoms with Crippen LogP contribution in [0.5, 0.6) is 17.2 Å². The molecule has 0 bridgehead atoms. The fraction of sp³-hybridized carbons (Fsp3) is 0.325. The van der Waals surface area contributed by atoms with Gasteiger partial charge in [0.2, 0.25) is 6.29 Å². The van der Waals surface area contributed by atoms with Crippen LogP contribution in [0, 0.1) is 0 Å². The predicted molar refractivity (Wildman–Crippen MR) is 522 cm³/mol. The highest BCUT2D eigenvalue weighted by molar-refractivity contribution is 7.99. The molecule has 22 atom stereocenters. The monoisotopic (exact) mass is 1960 g/mol. The van der Waals surface area contributed by atoms with Crippen LogP contribution < -0.4 is 14.2 Å². The molecule has 19 rings (SSSR count). The van der Waals surface area contributed by atoms with E-state index >= 15 is 19.2 Å². The van der Waals surface area contributed by atoms with E-state index in [1.165, 1.54) is 25.8 Å². The standard InChI is InChI=1S/C114H112N2O26S/c1-72(117)132-103-101(130-67-79-45-25-11-26-46-79)95(127-64-76-39-19-8-20-40-76)89(68-124-61-73-33-13-5-14-34-73)136-113(103)141-102-98-92(71-131-109(138-98)80-47-27-12-28-48-80)137-114(143-4)104(102)142-110(81-53-55-82(122-2)56-54-81)139-96-90(69-125-62-74-35-15-6-16-36-74)135-112(94(100(96)129-66-78-43-23-10-24-44-78)116-107(120)87-51-31-32-52-88(87)108(116)121)140-97-91(70-126-63-75-37-17-7-18-38-75)134-111(133-84-59-57-83(123-3)58-60-84)93(99(97)128-65-77-41-21-9-22-42-77)115-105(118)85-49-29-30-50-86(85)106(115)119/h5-60,89-104,109-114H,61-71H2,1-4H3/t89-,90-,91-,92-,93-,94-,95-,96-,97-,98-,99-,100-,101+,102+,103+,104+,109?,110?,111-,112+,113-,114-/m1/s1. The van der Waals surface area contributed by atoms with Crippen molar-refractivity contribution in [3.8, 4) is 17.2 Å². The minimum Gasteiger partial charge on any atom is -0.497 e. The molecule has 2 unspecified atom stereocenters. The number of esters is 1. The van der Waals surface area contributed by atoms with Gasteiger partial charge in [-0.3, -0.25) is 33.8 Å². The number of hydrogen-bond acceptors (Lipinski definition) is 27. The second-order valence-corrected chi connectivity index (χ2v) is 36.5. The van der Waals surface area contributed by atoms with Gasteiger partial charge >= 0.3 is 5.97 Å². The normalized spacial score (nSPS) is 26.4. The molecule has 4 amide bonds. The number of nitrogens with zero attached hydrogens (tertiary/aromatic N) is 2. The Labute approximate surface area is 833 Å². The third-order valence-electron chi connectivity index (χ3n) is 26.1. The molecule has 7 heterocycles. The molecule has 28 nitrogen and oxygen atoms in total. The number of rotatable bonds is 42. The average molecular weight is 1960 g/mol. The molecule has 0 spiro atoms. The van der Waals surface area contributed by atoms with Crippen LogP contribution in [0.15, 0.2) is 340 Å². The van der Waals surface area contributed by atoms with Gasteiger partial charge in [0.25, 0.3) is 23.6 Å². The molecule has 0 aliphatic carbocycles. The lowest BCUT2D eigenvalue weighted by molar-refractivity contribution is -0.387. The summed E-state index contributed by atoms with van der Waals surface area (Å²) in [6.45, 7) is 0.447. The highest BCUT2D eigenvalue weighted by Crippen LogP contribution is 2.48. The van der Waals surface area contributed by atoms with Gasteiger partial charge in [-0.2, -0.15) is 0 Å². The quantitative estimate of drug-likeness (QED) is 0.0195. The zero-order chi connectivity index (χ0) is 97.9. The van der Waals surface area contributed by atoms with Crippen molar-refractivity contribution in [2.24, 2.45) is 0 Å². The van der Waals surface area contributed by atoms with E-state index in [9.17, 15) is 4.79 Å². The average Bonchev–Trinajstić information content (AvgIpc) is 1.70. The van der Waals surface area contributed by atoms with Gasteiger partial charge in [-0.05, 0) is 106 Å². The lowest BCUT2D eigenvalue weighted by Crippen LogP contribution is -2.71. The minimum absolute atomic E-state index is 0.00131. The van der Waals surface area contributed by atoms with Crippen molar-refractivity contribution in [2.45, 2.75) is 188 Å². The number of carbonyl (C=O) groups excluding carboxylic acids is 5. The molecule has 0 N–H and O–H groups in total. The third kappa shape index (κ3) is 23.6. The molecule has 7 aliphatic rings. The molecule has 0 radical (unpaired) electrons. The first-order chi connectivity index (χ1) is 70.3. The summed E-state index contributed by atoms with van der Waals surface area (Å²) in [5, 5.41) is 0. The Morgan fingerprint density at radius 1 is 0.350 bits per heavy atom. The molecule has 143 heavy (non-hydrogen) atoms. The summed E-state index contributed by atoms with van der Waals surface area (Å²) >= 11 is 1.30. The maximum atomic E-state index is 16.5. The SMILES string of the molecule is COc1ccc(O[C@@H]2O[C@H](COCc3ccccc3)[C@@H](O[C@@H]3O[C@H](COCc4ccccc4)[C@@H](OC(O[C@H]4[C@@H](O[C@H]5O[C@H](COCc6ccccc6)[C@@H](OCc6ccccc6)[C@H](OCc6ccccc6)[C@@H]5OC(C)=O)[C@@H]5OC(c6ccccc6)OC[C@H]5O[C@@H]4SC)c4ccc(OC)cc4)[C@H](OCc4ccccc4)[C@H]3N3C(=O)c4ccccc4C3=O)[C@H](OCc3ccccc3)[C@H]2N2C(=O)c3ccccc3C2=O)cc1. The first-order valence-electron chi connectivity index (χ1n) is 47.9. The van der Waals surface area contributed by atoms with E-state index in [0.29, 0.717) is 33.8 Å². The summed E-state index contributed by atoms with van der Waals surface area (Å²) in [5.41, 5.74) is 5.74. The van der Waals surface area contributed by atoms with Crippen LogP contribution >= 0.6 is 11.8 Å². The number of methoxy groups -OCH3 is 2. The van der Waals surface area contributed by atoms with Crippen LogP contribution in [0.25, 0.3) is 0 Å². The first-order valence-corrected chi connectivity index (χ1v) is 49.2. The largest absolute Gasteiger partial charge is 0.497 e. The van der Waals surface area contributed by atoms with Crippen LogP contribution in [-0.2, 0) is 136 Å². The summed E-state index contributed by atoms with van der Waals surface area (Å²) < 4.78 is 151. The third-order valence-corrected chi connectivity index (χ3v) is 27.0. The maximum Gasteiger partial charge on any atom is 0.303 e. The maximum absolute atomic E-state index is 16.5. The summed E-state index contributed by atoms with van der Waals surface area (Å²) in [4.78, 5) is 81.0. The smallest absolute Gasteiger partial charge is 0.303 e. The molecule has 7 aliphatic heterocycles. The van der Waals surface area contributed by atoms with Gasteiger partial charge in [0.1, 0.15) is 114 Å². The summed E-state index contributed by atoms with van der Waals surface area (Å²) in [7, 11) is 3.08. The van der Waals surface area contributed by atoms with E-state index in [-0.39, 0.29) is 101 Å². The van der Waals surface area contributed by atoms with E-state index in [1.54, 1.807) is 104 Å². The van der Waals surface area contributed by atoms with Gasteiger partial charge in [0.05, 0.1) is 109 Å². The number of hydrogen-bond donors (Lipinski definition) is 0. The topological polar surface area (TPSA) is 286 Å². The van der Waals surface area contributed by atoms with Gasteiger partial charge in [-0.1, -0.05) is 279 Å². The van der Waals surface area contributed by atoms with Crippen LogP contribution in [0.1, 0.15) is 111 Å². The second kappa shape index (κ2) is 47.8. The summed E-state index contributed by atoms with van der Waals surface area (Å²) in [6.07, 6.45) is -24.3. The molecule has 5 fully saturated rings. The first kappa shape index (κ1) is 99.2. The van der Waals surface area contributed by atoms with Crippen LogP contribution in [0.4, 0.5) is 0 Å². The van der Waals surface area contributed by atoms with Gasteiger partial charge in [-0.15, -0.1) is 11.8 Å². The molecule has 5 saturated heterocycles. The Hall–Kier alpha value is -12.5. The zero-order valence-electron chi connectivity index (χ0n) is 79.2. The van der Waals surface area contributed by atoms with E-state index in [2.05, 4.69) is 0 Å². The van der Waals surface area contributed by atoms with Crippen molar-refractivity contribution in [1.82, 2.24) is 9.80 Å². The van der Waals surface area contributed by atoms with Crippen molar-refractivity contribution in [3.05, 3.63) is 412 Å². The number of carbonyl (C=O) groups is 5. The van der Waals surface area contributed by atoms with Crippen LogP contribution in [0.3, 0.4) is 0 Å². The molecule has 0 aromatic heterocycles. The Bertz CT molecular complexity index is 6060. The van der Waals surface area contributed by atoms with Crippen molar-refractivity contribution in [2.75, 3.05) is 46.9 Å². The lowest BCUT2D eigenvalue weighted by Gasteiger charge is -2.53. The molecule has 0 saturated carbocycles. The van der Waals surface area contributed by atoms with Crippen molar-refractivity contribution < 1.29 is 123 Å². The number of thioether (sulfide) groups is 1. The highest BCUT2D eigenvalue weighted by Gasteiger charge is 2.63.